The van der Waals surface area contributed by atoms with Crippen molar-refractivity contribution in [1.29, 1.82) is 0 Å². The van der Waals surface area contributed by atoms with Gasteiger partial charge in [-0.3, -0.25) is 4.79 Å². The molecule has 37 heavy (non-hydrogen) atoms. The van der Waals surface area contributed by atoms with E-state index in [1.165, 1.54) is 4.68 Å². The number of hydrogen-bond acceptors (Lipinski definition) is 4. The van der Waals surface area contributed by atoms with E-state index < -0.39 is 0 Å². The Morgan fingerprint density at radius 3 is 2.70 bits per heavy atom. The Hall–Kier alpha value is -3.48. The first-order chi connectivity index (χ1) is 17.9. The second kappa shape index (κ2) is 10.9. The Kier molecular flexibility index (Phi) is 7.40. The van der Waals surface area contributed by atoms with Crippen molar-refractivity contribution >= 4 is 55.4 Å². The fraction of sp³-hybridized carbons (Fsp3) is 0.167. The van der Waals surface area contributed by atoms with Gasteiger partial charge in [-0.15, -0.1) is 0 Å². The van der Waals surface area contributed by atoms with Crippen LogP contribution >= 0.6 is 27.5 Å². The molecule has 186 valence electrons. The molecule has 1 aromatic heterocycles. The second-order valence-electron chi connectivity index (χ2n) is 8.91. The van der Waals surface area contributed by atoms with Crippen LogP contribution in [0.25, 0.3) is 21.7 Å². The van der Waals surface area contributed by atoms with Gasteiger partial charge in [0.25, 0.3) is 5.56 Å². The highest BCUT2D eigenvalue weighted by Gasteiger charge is 2.16. The van der Waals surface area contributed by atoms with E-state index in [1.54, 1.807) is 24.4 Å². The van der Waals surface area contributed by atoms with Gasteiger partial charge < -0.3 is 4.74 Å². The zero-order chi connectivity index (χ0) is 25.9. The molecule has 5 nitrogen and oxygen atoms in total. The third-order valence-corrected chi connectivity index (χ3v) is 7.16. The third kappa shape index (κ3) is 5.31. The van der Waals surface area contributed by atoms with E-state index >= 15 is 0 Å². The van der Waals surface area contributed by atoms with Crippen molar-refractivity contribution in [3.05, 3.63) is 116 Å². The summed E-state index contributed by atoms with van der Waals surface area (Å²) in [5, 5.41) is 7.95. The first kappa shape index (κ1) is 25.2. The molecule has 0 fully saturated rings. The van der Waals surface area contributed by atoms with Gasteiger partial charge in [-0.2, -0.15) is 9.78 Å². The summed E-state index contributed by atoms with van der Waals surface area (Å²) in [5.74, 6) is 1.27. The second-order valence-corrected chi connectivity index (χ2v) is 10.3. The maximum Gasteiger partial charge on any atom is 0.282 e. The molecule has 1 heterocycles. The van der Waals surface area contributed by atoms with Gasteiger partial charge in [0.2, 0.25) is 0 Å². The standard InChI is InChI=1S/C30H25BrClN3O2/c1-3-19(2)29-34-27-13-11-23(31)16-26(27)30(36)35(29)33-17-22-15-24(32)12-14-28(22)37-18-21-9-6-8-20-7-4-5-10-25(20)21/h4-17,19H,3,18H2,1-2H3/t19-/m0/s1. The van der Waals surface area contributed by atoms with E-state index in [2.05, 4.69) is 52.2 Å². The van der Waals surface area contributed by atoms with E-state index in [-0.39, 0.29) is 11.5 Å². The van der Waals surface area contributed by atoms with Gasteiger partial charge in [-0.1, -0.05) is 83.8 Å². The molecule has 0 aliphatic rings. The fourth-order valence-electron chi connectivity index (χ4n) is 4.22. The summed E-state index contributed by atoms with van der Waals surface area (Å²) in [5.41, 5.74) is 2.18. The number of halogens is 2. The molecule has 5 rings (SSSR count). The molecular weight excluding hydrogens is 550 g/mol. The van der Waals surface area contributed by atoms with Crippen LogP contribution in [0.3, 0.4) is 0 Å². The summed E-state index contributed by atoms with van der Waals surface area (Å²) in [4.78, 5) is 18.2. The van der Waals surface area contributed by atoms with Crippen LogP contribution in [0.2, 0.25) is 5.02 Å². The minimum absolute atomic E-state index is 0.0411. The molecule has 0 aliphatic carbocycles. The normalized spacial score (nSPS) is 12.4. The fourth-order valence-corrected chi connectivity index (χ4v) is 4.77. The molecule has 4 aromatic carbocycles. The molecule has 5 aromatic rings. The Morgan fingerprint density at radius 2 is 1.86 bits per heavy atom. The summed E-state index contributed by atoms with van der Waals surface area (Å²) in [6, 6.07) is 25.3. The first-order valence-corrected chi connectivity index (χ1v) is 13.3. The minimum Gasteiger partial charge on any atom is -0.488 e. The quantitative estimate of drug-likeness (QED) is 0.185. The molecule has 0 aliphatic heterocycles. The molecule has 7 heteroatoms. The number of hydrogen-bond donors (Lipinski definition) is 0. The van der Waals surface area contributed by atoms with Gasteiger partial charge in [-0.25, -0.2) is 4.98 Å². The summed E-state index contributed by atoms with van der Waals surface area (Å²) >= 11 is 9.77. The van der Waals surface area contributed by atoms with E-state index in [0.29, 0.717) is 39.7 Å². The van der Waals surface area contributed by atoms with E-state index in [1.807, 2.05) is 43.3 Å². The number of ether oxygens (including phenoxy) is 1. The van der Waals surface area contributed by atoms with Crippen molar-refractivity contribution in [1.82, 2.24) is 9.66 Å². The van der Waals surface area contributed by atoms with E-state index in [9.17, 15) is 4.79 Å². The average Bonchev–Trinajstić information content (AvgIpc) is 2.91. The number of benzene rings is 4. The highest BCUT2D eigenvalue weighted by molar-refractivity contribution is 9.10. The van der Waals surface area contributed by atoms with Crippen molar-refractivity contribution < 1.29 is 4.74 Å². The highest BCUT2D eigenvalue weighted by Crippen LogP contribution is 2.26. The predicted octanol–water partition coefficient (Wildman–Crippen LogP) is 7.94. The van der Waals surface area contributed by atoms with Crippen molar-refractivity contribution in [3.8, 4) is 5.75 Å². The predicted molar refractivity (Wildman–Crippen MR) is 155 cm³/mol. The molecule has 0 saturated heterocycles. The lowest BCUT2D eigenvalue weighted by molar-refractivity contribution is 0.307. The SMILES string of the molecule is CC[C@H](C)c1nc2ccc(Br)cc2c(=O)n1N=Cc1cc(Cl)ccc1OCc1cccc2ccccc12. The third-order valence-electron chi connectivity index (χ3n) is 6.43. The number of nitrogens with zero attached hydrogens (tertiary/aromatic N) is 3. The molecule has 0 amide bonds. The molecule has 0 bridgehead atoms. The van der Waals surface area contributed by atoms with Gasteiger partial charge in [0.1, 0.15) is 18.2 Å². The Labute approximate surface area is 228 Å². The van der Waals surface area contributed by atoms with Gasteiger partial charge in [-0.05, 0) is 59.2 Å². The van der Waals surface area contributed by atoms with Gasteiger partial charge in [0, 0.05) is 21.0 Å². The largest absolute Gasteiger partial charge is 0.488 e. The average molecular weight is 575 g/mol. The maximum absolute atomic E-state index is 13.5. The lowest BCUT2D eigenvalue weighted by Gasteiger charge is -2.14. The first-order valence-electron chi connectivity index (χ1n) is 12.1. The van der Waals surface area contributed by atoms with E-state index in [0.717, 1.165) is 27.2 Å². The van der Waals surface area contributed by atoms with Crippen LogP contribution in [0.1, 0.15) is 43.1 Å². The van der Waals surface area contributed by atoms with E-state index in [4.69, 9.17) is 21.3 Å². The summed E-state index contributed by atoms with van der Waals surface area (Å²) in [6.45, 7) is 4.48. The summed E-state index contributed by atoms with van der Waals surface area (Å²) in [6.07, 6.45) is 2.43. The summed E-state index contributed by atoms with van der Waals surface area (Å²) < 4.78 is 8.43. The Balaban J connectivity index is 1.53. The molecule has 0 spiro atoms. The van der Waals surface area contributed by atoms with Crippen LogP contribution in [-0.2, 0) is 6.61 Å². The lowest BCUT2D eigenvalue weighted by atomic mass is 10.1. The lowest BCUT2D eigenvalue weighted by Crippen LogP contribution is -2.23. The number of rotatable bonds is 7. The van der Waals surface area contributed by atoms with Crippen LogP contribution < -0.4 is 10.3 Å². The van der Waals surface area contributed by atoms with Crippen LogP contribution in [0.4, 0.5) is 0 Å². The highest BCUT2D eigenvalue weighted by atomic mass is 79.9. The van der Waals surface area contributed by atoms with Gasteiger partial charge >= 0.3 is 0 Å². The van der Waals surface area contributed by atoms with Crippen LogP contribution in [0.5, 0.6) is 5.75 Å². The Morgan fingerprint density at radius 1 is 1.05 bits per heavy atom. The van der Waals surface area contributed by atoms with Crippen molar-refractivity contribution in [2.45, 2.75) is 32.8 Å². The molecule has 0 saturated carbocycles. The van der Waals surface area contributed by atoms with Crippen LogP contribution in [-0.4, -0.2) is 15.9 Å². The van der Waals surface area contributed by atoms with Crippen LogP contribution in [0, 0.1) is 0 Å². The molecule has 0 unspecified atom stereocenters. The Bertz CT molecular complexity index is 1690. The number of aromatic nitrogens is 2. The molecule has 0 N–H and O–H groups in total. The van der Waals surface area contributed by atoms with Crippen molar-refractivity contribution in [3.63, 3.8) is 0 Å². The molecular formula is C30H25BrClN3O2. The zero-order valence-corrected chi connectivity index (χ0v) is 22.8. The minimum atomic E-state index is -0.224. The summed E-state index contributed by atoms with van der Waals surface area (Å²) in [7, 11) is 0. The van der Waals surface area contributed by atoms with Crippen LogP contribution in [0.15, 0.2) is 93.2 Å². The molecule has 1 atom stereocenters. The topological polar surface area (TPSA) is 56.5 Å². The maximum atomic E-state index is 13.5. The van der Waals surface area contributed by atoms with Gasteiger partial charge in [0.15, 0.2) is 0 Å². The van der Waals surface area contributed by atoms with Crippen molar-refractivity contribution in [2.24, 2.45) is 5.10 Å². The zero-order valence-electron chi connectivity index (χ0n) is 20.5. The molecule has 0 radical (unpaired) electrons. The van der Waals surface area contributed by atoms with Gasteiger partial charge in [0.05, 0.1) is 17.1 Å². The number of fused-ring (bicyclic) bond motifs is 2. The monoisotopic (exact) mass is 573 g/mol. The van der Waals surface area contributed by atoms with Crippen molar-refractivity contribution in [2.75, 3.05) is 0 Å². The smallest absolute Gasteiger partial charge is 0.282 e.